The number of hydrogen-bond acceptors (Lipinski definition) is 5. The van der Waals surface area contributed by atoms with E-state index in [1.54, 1.807) is 0 Å². The van der Waals surface area contributed by atoms with Gasteiger partial charge in [-0.1, -0.05) is 27.7 Å². The van der Waals surface area contributed by atoms with Crippen molar-refractivity contribution in [2.24, 2.45) is 52.3 Å². The standard InChI is InChI=1S/C32H52O5/c1-6-23-27-18-21(37-22-8-7-17-36-19-22)13-15-32(27,4)26-14-16-31(3)24(20(2)9-12-28(33)35-5)10-11-25(31)29(26)30(23)34/h20-27,29H,6-19H2,1-5H3/t20-,21?,22-,23-,24-,25+,26+,27+,29+,31-,32-/m1/s1. The number of ether oxygens (including phenoxy) is 3. The smallest absolute Gasteiger partial charge is 0.305 e. The molecule has 0 amide bonds. The van der Waals surface area contributed by atoms with Gasteiger partial charge in [0.25, 0.3) is 0 Å². The Hall–Kier alpha value is -0.940. The number of ketones is 1. The van der Waals surface area contributed by atoms with Crippen molar-refractivity contribution in [3.8, 4) is 0 Å². The number of carbonyl (C=O) groups is 2. The van der Waals surface area contributed by atoms with E-state index in [4.69, 9.17) is 14.2 Å². The molecule has 5 rings (SSSR count). The molecule has 5 fully saturated rings. The Morgan fingerprint density at radius 2 is 1.78 bits per heavy atom. The molecule has 210 valence electrons. The van der Waals surface area contributed by atoms with E-state index in [9.17, 15) is 9.59 Å². The van der Waals surface area contributed by atoms with Crippen LogP contribution in [0.2, 0.25) is 0 Å². The van der Waals surface area contributed by atoms with Crippen LogP contribution in [-0.4, -0.2) is 44.3 Å². The van der Waals surface area contributed by atoms with E-state index in [-0.39, 0.29) is 40.8 Å². The Morgan fingerprint density at radius 1 is 1.03 bits per heavy atom. The Labute approximate surface area is 225 Å². The van der Waals surface area contributed by atoms with Crippen LogP contribution in [-0.2, 0) is 23.8 Å². The van der Waals surface area contributed by atoms with Gasteiger partial charge in [-0.15, -0.1) is 0 Å². The van der Waals surface area contributed by atoms with Crippen LogP contribution in [0.15, 0.2) is 0 Å². The molecular formula is C32H52O5. The molecule has 0 radical (unpaired) electrons. The summed E-state index contributed by atoms with van der Waals surface area (Å²) in [7, 11) is 1.48. The molecule has 4 saturated carbocycles. The van der Waals surface area contributed by atoms with Gasteiger partial charge in [0.15, 0.2) is 0 Å². The van der Waals surface area contributed by atoms with Crippen molar-refractivity contribution in [1.29, 1.82) is 0 Å². The first-order valence-corrected chi connectivity index (χ1v) is 15.6. The maximum absolute atomic E-state index is 14.4. The first-order valence-electron chi connectivity index (χ1n) is 15.6. The highest BCUT2D eigenvalue weighted by Crippen LogP contribution is 2.68. The SMILES string of the molecule is CC[C@H]1C(=O)[C@@H]2[C@H](CC[C@]3(C)[C@@H]([C@H](C)CCC(=O)OC)CC[C@@H]23)[C@@]2(C)CCC(O[C@@H]3CCCOC3)C[C@@H]12. The number of rotatable bonds is 7. The maximum atomic E-state index is 14.4. The molecule has 0 bridgehead atoms. The molecule has 4 aliphatic carbocycles. The molecule has 0 aromatic carbocycles. The van der Waals surface area contributed by atoms with Gasteiger partial charge in [0.1, 0.15) is 5.78 Å². The summed E-state index contributed by atoms with van der Waals surface area (Å²) in [5.74, 6) is 3.47. The lowest BCUT2D eigenvalue weighted by Gasteiger charge is -2.62. The Kier molecular flexibility index (Phi) is 8.14. The second-order valence-corrected chi connectivity index (χ2v) is 14.0. The summed E-state index contributed by atoms with van der Waals surface area (Å²) >= 11 is 0. The fraction of sp³-hybridized carbons (Fsp3) is 0.938. The summed E-state index contributed by atoms with van der Waals surface area (Å²) in [5.41, 5.74) is 0.466. The van der Waals surface area contributed by atoms with Crippen molar-refractivity contribution in [1.82, 2.24) is 0 Å². The van der Waals surface area contributed by atoms with Gasteiger partial charge in [-0.25, -0.2) is 0 Å². The molecule has 37 heavy (non-hydrogen) atoms. The third-order valence-electron chi connectivity index (χ3n) is 12.4. The van der Waals surface area contributed by atoms with Crippen molar-refractivity contribution in [2.75, 3.05) is 20.3 Å². The Morgan fingerprint density at radius 3 is 2.49 bits per heavy atom. The first kappa shape index (κ1) is 27.6. The summed E-state index contributed by atoms with van der Waals surface area (Å²) in [4.78, 5) is 26.2. The molecule has 5 heteroatoms. The molecule has 1 aliphatic heterocycles. The molecule has 1 heterocycles. The maximum Gasteiger partial charge on any atom is 0.305 e. The highest BCUT2D eigenvalue weighted by molar-refractivity contribution is 5.86. The van der Waals surface area contributed by atoms with Crippen molar-refractivity contribution in [2.45, 2.75) is 117 Å². The third-order valence-corrected chi connectivity index (χ3v) is 12.4. The van der Waals surface area contributed by atoms with Gasteiger partial charge in [0.05, 0.1) is 25.9 Å². The second-order valence-electron chi connectivity index (χ2n) is 14.0. The lowest BCUT2D eigenvalue weighted by molar-refractivity contribution is -0.182. The van der Waals surface area contributed by atoms with E-state index in [1.807, 2.05) is 0 Å². The normalized spacial score (nSPS) is 46.5. The van der Waals surface area contributed by atoms with Crippen molar-refractivity contribution in [3.63, 3.8) is 0 Å². The number of methoxy groups -OCH3 is 1. The Balaban J connectivity index is 1.33. The quantitative estimate of drug-likeness (QED) is 0.356. The van der Waals surface area contributed by atoms with Crippen molar-refractivity contribution >= 4 is 11.8 Å². The van der Waals surface area contributed by atoms with Gasteiger partial charge in [-0.3, -0.25) is 9.59 Å². The largest absolute Gasteiger partial charge is 0.469 e. The molecule has 0 aromatic heterocycles. The molecule has 0 spiro atoms. The van der Waals surface area contributed by atoms with Crippen LogP contribution in [0.5, 0.6) is 0 Å². The second kappa shape index (κ2) is 10.9. The molecule has 11 atom stereocenters. The lowest BCUT2D eigenvalue weighted by Crippen LogP contribution is -2.61. The van der Waals surface area contributed by atoms with E-state index in [2.05, 4.69) is 27.7 Å². The van der Waals surface area contributed by atoms with E-state index in [1.165, 1.54) is 39.2 Å². The van der Waals surface area contributed by atoms with Crippen molar-refractivity contribution in [3.05, 3.63) is 0 Å². The fourth-order valence-corrected chi connectivity index (χ4v) is 10.5. The molecular weight excluding hydrogens is 464 g/mol. The topological polar surface area (TPSA) is 61.8 Å². The van der Waals surface area contributed by atoms with Crippen LogP contribution in [0.25, 0.3) is 0 Å². The predicted octanol–water partition coefficient (Wildman–Crippen LogP) is 6.61. The number of esters is 1. The highest BCUT2D eigenvalue weighted by Gasteiger charge is 2.65. The van der Waals surface area contributed by atoms with Crippen LogP contribution in [0.4, 0.5) is 0 Å². The minimum absolute atomic E-state index is 0.0990. The average molecular weight is 517 g/mol. The fourth-order valence-electron chi connectivity index (χ4n) is 10.5. The monoisotopic (exact) mass is 516 g/mol. The van der Waals surface area contributed by atoms with Gasteiger partial charge >= 0.3 is 5.97 Å². The van der Waals surface area contributed by atoms with Gasteiger partial charge in [0.2, 0.25) is 0 Å². The van der Waals surface area contributed by atoms with Crippen LogP contribution in [0.1, 0.15) is 105 Å². The molecule has 0 N–H and O–H groups in total. The molecule has 1 unspecified atom stereocenters. The zero-order valence-corrected chi connectivity index (χ0v) is 24.1. The molecule has 1 saturated heterocycles. The van der Waals surface area contributed by atoms with E-state index in [0.717, 1.165) is 51.7 Å². The van der Waals surface area contributed by atoms with E-state index in [0.29, 0.717) is 41.8 Å². The third kappa shape index (κ3) is 4.83. The average Bonchev–Trinajstić information content (AvgIpc) is 3.26. The van der Waals surface area contributed by atoms with Crippen LogP contribution in [0.3, 0.4) is 0 Å². The van der Waals surface area contributed by atoms with Crippen LogP contribution < -0.4 is 0 Å². The van der Waals surface area contributed by atoms with Crippen LogP contribution >= 0.6 is 0 Å². The summed E-state index contributed by atoms with van der Waals surface area (Å²) in [5, 5.41) is 0. The molecule has 0 aromatic rings. The van der Waals surface area contributed by atoms with Gasteiger partial charge in [-0.05, 0) is 111 Å². The zero-order valence-electron chi connectivity index (χ0n) is 24.1. The molecule has 5 aliphatic rings. The minimum atomic E-state index is -0.0990. The van der Waals surface area contributed by atoms with Gasteiger partial charge in [-0.2, -0.15) is 0 Å². The summed E-state index contributed by atoms with van der Waals surface area (Å²) in [6.45, 7) is 11.2. The van der Waals surface area contributed by atoms with E-state index < -0.39 is 0 Å². The van der Waals surface area contributed by atoms with E-state index >= 15 is 0 Å². The number of carbonyl (C=O) groups excluding carboxylic acids is 2. The van der Waals surface area contributed by atoms with Crippen molar-refractivity contribution < 1.29 is 23.8 Å². The Bertz CT molecular complexity index is 835. The molecule has 5 nitrogen and oxygen atoms in total. The summed E-state index contributed by atoms with van der Waals surface area (Å²) in [6.07, 6.45) is 13.3. The predicted molar refractivity (Wildman–Crippen MR) is 144 cm³/mol. The number of hydrogen-bond donors (Lipinski definition) is 0. The summed E-state index contributed by atoms with van der Waals surface area (Å²) in [6, 6.07) is 0. The highest BCUT2D eigenvalue weighted by atomic mass is 16.5. The minimum Gasteiger partial charge on any atom is -0.469 e. The number of Topliss-reactive ketones (excluding diaryl/α,β-unsaturated/α-hetero) is 1. The zero-order chi connectivity index (χ0) is 26.4. The number of fused-ring (bicyclic) bond motifs is 5. The van der Waals surface area contributed by atoms with Gasteiger partial charge in [0, 0.05) is 24.9 Å². The van der Waals surface area contributed by atoms with Gasteiger partial charge < -0.3 is 14.2 Å². The first-order chi connectivity index (χ1) is 17.7. The summed E-state index contributed by atoms with van der Waals surface area (Å²) < 4.78 is 17.2. The van der Waals surface area contributed by atoms with Crippen LogP contribution in [0, 0.1) is 52.3 Å². The lowest BCUT2D eigenvalue weighted by atomic mass is 9.42.